The van der Waals surface area contributed by atoms with Crippen LogP contribution in [0, 0.1) is 10.1 Å². The van der Waals surface area contributed by atoms with Crippen molar-refractivity contribution < 1.29 is 9.66 Å². The molecule has 0 amide bonds. The van der Waals surface area contributed by atoms with Crippen LogP contribution in [0.1, 0.15) is 5.56 Å². The summed E-state index contributed by atoms with van der Waals surface area (Å²) in [7, 11) is 1.57. The molecule has 0 spiro atoms. The van der Waals surface area contributed by atoms with Gasteiger partial charge in [0, 0.05) is 23.2 Å². The smallest absolute Gasteiger partial charge is 0.363 e. The van der Waals surface area contributed by atoms with E-state index in [9.17, 15) is 10.1 Å². The van der Waals surface area contributed by atoms with E-state index in [1.54, 1.807) is 25.3 Å². The molecule has 7 heteroatoms. The lowest BCUT2D eigenvalue weighted by Gasteiger charge is -2.11. The lowest BCUT2D eigenvalue weighted by Crippen LogP contribution is -2.03. The summed E-state index contributed by atoms with van der Waals surface area (Å²) in [6, 6.07) is 8.32. The molecule has 1 heterocycles. The third-order valence-corrected chi connectivity index (χ3v) is 3.05. The number of aromatic nitrogens is 1. The molecule has 0 aliphatic heterocycles. The summed E-state index contributed by atoms with van der Waals surface area (Å²) < 4.78 is 5.24. The van der Waals surface area contributed by atoms with Gasteiger partial charge in [0.1, 0.15) is 5.75 Å². The molecule has 0 fully saturated rings. The molecule has 0 aliphatic carbocycles. The van der Waals surface area contributed by atoms with Crippen molar-refractivity contribution in [2.75, 3.05) is 12.4 Å². The van der Waals surface area contributed by atoms with Gasteiger partial charge in [0.15, 0.2) is 6.20 Å². The van der Waals surface area contributed by atoms with Crippen LogP contribution in [0.2, 0.25) is 5.02 Å². The van der Waals surface area contributed by atoms with Gasteiger partial charge in [-0.2, -0.15) is 0 Å². The third kappa shape index (κ3) is 3.16. The van der Waals surface area contributed by atoms with E-state index in [1.165, 1.54) is 12.3 Å². The zero-order chi connectivity index (χ0) is 14.5. The van der Waals surface area contributed by atoms with Crippen molar-refractivity contribution in [1.82, 2.24) is 4.98 Å². The molecule has 2 aromatic rings. The number of methoxy groups -OCH3 is 1. The average molecular weight is 294 g/mol. The number of pyridine rings is 1. The van der Waals surface area contributed by atoms with Crippen molar-refractivity contribution in [3.63, 3.8) is 0 Å². The highest BCUT2D eigenvalue weighted by Crippen LogP contribution is 2.27. The Kier molecular flexibility index (Phi) is 4.37. The molecule has 0 saturated carbocycles. The number of hydrogen-bond acceptors (Lipinski definition) is 5. The zero-order valence-corrected chi connectivity index (χ0v) is 11.4. The fourth-order valence-electron chi connectivity index (χ4n) is 1.69. The van der Waals surface area contributed by atoms with Gasteiger partial charge < -0.3 is 20.2 Å². The van der Waals surface area contributed by atoms with Gasteiger partial charge in [-0.15, -0.1) is 0 Å². The van der Waals surface area contributed by atoms with E-state index in [-0.39, 0.29) is 5.82 Å². The van der Waals surface area contributed by atoms with Gasteiger partial charge in [0.25, 0.3) is 0 Å². The van der Waals surface area contributed by atoms with E-state index >= 15 is 0 Å². The topological polar surface area (TPSA) is 77.3 Å². The molecule has 0 bridgehead atoms. The maximum absolute atomic E-state index is 10.5. The van der Waals surface area contributed by atoms with Crippen LogP contribution in [-0.4, -0.2) is 17.0 Å². The van der Waals surface area contributed by atoms with Gasteiger partial charge in [-0.25, -0.2) is 0 Å². The van der Waals surface area contributed by atoms with Crippen LogP contribution in [0.25, 0.3) is 0 Å². The molecule has 0 unspecified atom stereocenters. The lowest BCUT2D eigenvalue weighted by molar-refractivity contribution is -0.389. The fourth-order valence-corrected chi connectivity index (χ4v) is 1.92. The van der Waals surface area contributed by atoms with Crippen LogP contribution in [0.3, 0.4) is 0 Å². The first-order valence-electron chi connectivity index (χ1n) is 5.77. The first-order valence-corrected chi connectivity index (χ1v) is 6.15. The van der Waals surface area contributed by atoms with Gasteiger partial charge in [0.2, 0.25) is 0 Å². The first kappa shape index (κ1) is 14.1. The van der Waals surface area contributed by atoms with Crippen LogP contribution in [0.15, 0.2) is 36.5 Å². The number of hydrogen-bond donors (Lipinski definition) is 1. The zero-order valence-electron chi connectivity index (χ0n) is 10.7. The molecule has 0 aliphatic rings. The second-order valence-corrected chi connectivity index (χ2v) is 4.34. The molecule has 1 N–H and O–H groups in total. The van der Waals surface area contributed by atoms with E-state index in [2.05, 4.69) is 10.3 Å². The fraction of sp³-hybridized carbons (Fsp3) is 0.154. The minimum absolute atomic E-state index is 0.189. The van der Waals surface area contributed by atoms with Crippen molar-refractivity contribution in [2.45, 2.75) is 6.54 Å². The van der Waals surface area contributed by atoms with Gasteiger partial charge in [0.05, 0.1) is 12.8 Å². The Balaban J connectivity index is 2.11. The summed E-state index contributed by atoms with van der Waals surface area (Å²) in [6.45, 7) is 0.433. The Hall–Kier alpha value is -2.34. The Bertz CT molecular complexity index is 617. The SMILES string of the molecule is COc1cccc(Cl)c1CNc1ccc([N+](=O)[O-])nc1. The van der Waals surface area contributed by atoms with Gasteiger partial charge >= 0.3 is 5.82 Å². The highest BCUT2D eigenvalue weighted by molar-refractivity contribution is 6.31. The minimum Gasteiger partial charge on any atom is -0.496 e. The molecular weight excluding hydrogens is 282 g/mol. The lowest BCUT2D eigenvalue weighted by atomic mass is 10.2. The molecule has 0 saturated heterocycles. The summed E-state index contributed by atoms with van der Waals surface area (Å²) in [5.41, 5.74) is 1.48. The van der Waals surface area contributed by atoms with Crippen LogP contribution in [0.5, 0.6) is 5.75 Å². The standard InChI is InChI=1S/C13H12ClN3O3/c1-20-12-4-2-3-11(14)10(12)8-15-9-5-6-13(16-7-9)17(18)19/h2-7,15H,8H2,1H3. The van der Waals surface area contributed by atoms with Crippen molar-refractivity contribution in [1.29, 1.82) is 0 Å². The van der Waals surface area contributed by atoms with E-state index < -0.39 is 4.92 Å². The van der Waals surface area contributed by atoms with Crippen molar-refractivity contribution in [3.8, 4) is 5.75 Å². The van der Waals surface area contributed by atoms with Crippen molar-refractivity contribution >= 4 is 23.1 Å². The summed E-state index contributed by atoms with van der Waals surface area (Å²) in [5, 5.41) is 14.2. The average Bonchev–Trinajstić information content (AvgIpc) is 2.46. The number of rotatable bonds is 5. The quantitative estimate of drug-likeness (QED) is 0.676. The third-order valence-electron chi connectivity index (χ3n) is 2.70. The van der Waals surface area contributed by atoms with Crippen LogP contribution in [-0.2, 0) is 6.54 Å². The molecular formula is C13H12ClN3O3. The van der Waals surface area contributed by atoms with Crippen LogP contribution >= 0.6 is 11.6 Å². The number of halogens is 1. The predicted octanol–water partition coefficient (Wildman–Crippen LogP) is 3.26. The summed E-state index contributed by atoms with van der Waals surface area (Å²) >= 11 is 6.12. The van der Waals surface area contributed by atoms with E-state index in [4.69, 9.17) is 16.3 Å². The minimum atomic E-state index is -0.541. The first-order chi connectivity index (χ1) is 9.61. The number of ether oxygens (including phenoxy) is 1. The Morgan fingerprint density at radius 3 is 2.80 bits per heavy atom. The predicted molar refractivity (Wildman–Crippen MR) is 76.2 cm³/mol. The second kappa shape index (κ2) is 6.21. The van der Waals surface area contributed by atoms with Crippen molar-refractivity contribution in [2.24, 2.45) is 0 Å². The van der Waals surface area contributed by atoms with E-state index in [0.717, 1.165) is 5.56 Å². The highest BCUT2D eigenvalue weighted by Gasteiger charge is 2.09. The molecule has 0 atom stereocenters. The molecule has 6 nitrogen and oxygen atoms in total. The monoisotopic (exact) mass is 293 g/mol. The molecule has 104 valence electrons. The Morgan fingerprint density at radius 2 is 2.20 bits per heavy atom. The van der Waals surface area contributed by atoms with Crippen LogP contribution < -0.4 is 10.1 Å². The number of benzene rings is 1. The molecule has 2 rings (SSSR count). The molecule has 1 aromatic carbocycles. The number of nitrogens with zero attached hydrogens (tertiary/aromatic N) is 2. The summed E-state index contributed by atoms with van der Waals surface area (Å²) in [6.07, 6.45) is 1.40. The van der Waals surface area contributed by atoms with E-state index in [1.807, 2.05) is 6.07 Å². The van der Waals surface area contributed by atoms with E-state index in [0.29, 0.717) is 23.0 Å². The second-order valence-electron chi connectivity index (χ2n) is 3.94. The number of nitrogens with one attached hydrogen (secondary N) is 1. The van der Waals surface area contributed by atoms with Crippen LogP contribution in [0.4, 0.5) is 11.5 Å². The van der Waals surface area contributed by atoms with Gasteiger partial charge in [-0.3, -0.25) is 0 Å². The maximum atomic E-state index is 10.5. The summed E-state index contributed by atoms with van der Waals surface area (Å²) in [5.74, 6) is 0.491. The largest absolute Gasteiger partial charge is 0.496 e. The van der Waals surface area contributed by atoms with Gasteiger partial charge in [-0.1, -0.05) is 17.7 Å². The number of anilines is 1. The Labute approximate surface area is 120 Å². The van der Waals surface area contributed by atoms with Crippen molar-refractivity contribution in [3.05, 3.63) is 57.2 Å². The maximum Gasteiger partial charge on any atom is 0.363 e. The molecule has 20 heavy (non-hydrogen) atoms. The normalized spacial score (nSPS) is 10.1. The summed E-state index contributed by atoms with van der Waals surface area (Å²) in [4.78, 5) is 13.7. The Morgan fingerprint density at radius 1 is 1.40 bits per heavy atom. The highest BCUT2D eigenvalue weighted by atomic mass is 35.5. The van der Waals surface area contributed by atoms with Gasteiger partial charge in [-0.05, 0) is 28.1 Å². The molecule has 1 aromatic heterocycles. The number of nitro groups is 1. The molecule has 0 radical (unpaired) electrons.